The van der Waals surface area contributed by atoms with E-state index in [1.807, 2.05) is 45.2 Å². The molecule has 0 fully saturated rings. The van der Waals surface area contributed by atoms with Crippen molar-refractivity contribution >= 4 is 11.6 Å². The summed E-state index contributed by atoms with van der Waals surface area (Å²) in [6.07, 6.45) is 0.583. The van der Waals surface area contributed by atoms with Crippen molar-refractivity contribution in [2.24, 2.45) is 5.92 Å². The first-order valence-corrected chi connectivity index (χ1v) is 7.22. The van der Waals surface area contributed by atoms with E-state index in [2.05, 4.69) is 17.1 Å². The number of benzene rings is 1. The summed E-state index contributed by atoms with van der Waals surface area (Å²) in [5, 5.41) is 12.0. The van der Waals surface area contributed by atoms with Gasteiger partial charge in [-0.2, -0.15) is 0 Å². The summed E-state index contributed by atoms with van der Waals surface area (Å²) in [4.78, 5) is 14.3. The van der Waals surface area contributed by atoms with Crippen LogP contribution >= 0.6 is 0 Å². The van der Waals surface area contributed by atoms with Gasteiger partial charge in [-0.15, -0.1) is 0 Å². The zero-order valence-electron chi connectivity index (χ0n) is 12.9. The van der Waals surface area contributed by atoms with Crippen molar-refractivity contribution in [1.82, 2.24) is 5.32 Å². The molecule has 1 aromatic rings. The topological polar surface area (TPSA) is 52.6 Å². The Morgan fingerprint density at radius 2 is 1.90 bits per heavy atom. The molecule has 0 aliphatic heterocycles. The van der Waals surface area contributed by atoms with Crippen LogP contribution in [0.1, 0.15) is 37.6 Å². The number of aliphatic hydroxyl groups excluding tert-OH is 1. The molecule has 4 heteroatoms. The first-order chi connectivity index (χ1) is 9.49. The van der Waals surface area contributed by atoms with Gasteiger partial charge in [0.25, 0.3) is 5.91 Å². The van der Waals surface area contributed by atoms with Crippen molar-refractivity contribution in [3.05, 3.63) is 29.8 Å². The Hall–Kier alpha value is -1.55. The van der Waals surface area contributed by atoms with Gasteiger partial charge in [0.05, 0.1) is 0 Å². The van der Waals surface area contributed by atoms with Gasteiger partial charge in [0, 0.05) is 37.5 Å². The average molecular weight is 278 g/mol. The number of aliphatic hydroxyl groups is 1. The number of anilines is 1. The molecule has 0 radical (unpaired) electrons. The molecule has 0 aliphatic carbocycles. The highest BCUT2D eigenvalue weighted by molar-refractivity contribution is 5.94. The highest BCUT2D eigenvalue weighted by Crippen LogP contribution is 2.14. The SMILES string of the molecule is CCN(C)c1ccc(C(=O)NC(CCO)C(C)C)cc1. The van der Waals surface area contributed by atoms with Crippen molar-refractivity contribution in [3.63, 3.8) is 0 Å². The van der Waals surface area contributed by atoms with E-state index in [1.165, 1.54) is 0 Å². The molecule has 0 spiro atoms. The molecule has 0 aromatic heterocycles. The molecule has 1 atom stereocenters. The van der Waals surface area contributed by atoms with Crippen LogP contribution in [0.4, 0.5) is 5.69 Å². The lowest BCUT2D eigenvalue weighted by atomic mass is 10.0. The molecule has 1 amide bonds. The van der Waals surface area contributed by atoms with Crippen LogP contribution in [0.2, 0.25) is 0 Å². The smallest absolute Gasteiger partial charge is 0.251 e. The van der Waals surface area contributed by atoms with Gasteiger partial charge < -0.3 is 15.3 Å². The molecule has 0 aliphatic rings. The molecule has 1 aromatic carbocycles. The number of carbonyl (C=O) groups excluding carboxylic acids is 1. The quantitative estimate of drug-likeness (QED) is 0.804. The molecule has 4 nitrogen and oxygen atoms in total. The molecule has 20 heavy (non-hydrogen) atoms. The molecule has 0 saturated heterocycles. The Bertz CT molecular complexity index is 415. The van der Waals surface area contributed by atoms with E-state index in [4.69, 9.17) is 5.11 Å². The zero-order chi connectivity index (χ0) is 15.1. The van der Waals surface area contributed by atoms with Crippen LogP contribution in [0.25, 0.3) is 0 Å². The molecular formula is C16H26N2O2. The van der Waals surface area contributed by atoms with Crippen LogP contribution in [0.5, 0.6) is 0 Å². The molecular weight excluding hydrogens is 252 g/mol. The summed E-state index contributed by atoms with van der Waals surface area (Å²) in [6, 6.07) is 7.59. The van der Waals surface area contributed by atoms with Gasteiger partial charge in [-0.3, -0.25) is 4.79 Å². The van der Waals surface area contributed by atoms with Crippen LogP contribution in [0.3, 0.4) is 0 Å². The van der Waals surface area contributed by atoms with Gasteiger partial charge in [-0.05, 0) is 43.5 Å². The second-order valence-electron chi connectivity index (χ2n) is 5.40. The van der Waals surface area contributed by atoms with Crippen LogP contribution in [0.15, 0.2) is 24.3 Å². The van der Waals surface area contributed by atoms with Crippen LogP contribution in [-0.4, -0.2) is 37.3 Å². The maximum Gasteiger partial charge on any atom is 0.251 e. The molecule has 112 valence electrons. The fraction of sp³-hybridized carbons (Fsp3) is 0.562. The van der Waals surface area contributed by atoms with Crippen molar-refractivity contribution in [2.45, 2.75) is 33.2 Å². The van der Waals surface area contributed by atoms with Gasteiger partial charge in [0.15, 0.2) is 0 Å². The fourth-order valence-electron chi connectivity index (χ4n) is 2.01. The number of carbonyl (C=O) groups is 1. The Kier molecular flexibility index (Phi) is 6.52. The molecule has 0 saturated carbocycles. The van der Waals surface area contributed by atoms with Crippen molar-refractivity contribution in [1.29, 1.82) is 0 Å². The van der Waals surface area contributed by atoms with Crippen molar-refractivity contribution < 1.29 is 9.90 Å². The summed E-state index contributed by atoms with van der Waals surface area (Å²) in [5.74, 6) is 0.222. The third-order valence-corrected chi connectivity index (χ3v) is 3.61. The van der Waals surface area contributed by atoms with Crippen molar-refractivity contribution in [2.75, 3.05) is 25.1 Å². The van der Waals surface area contributed by atoms with E-state index in [0.29, 0.717) is 17.9 Å². The lowest BCUT2D eigenvalue weighted by Gasteiger charge is -2.22. The second kappa shape index (κ2) is 7.90. The van der Waals surface area contributed by atoms with E-state index in [9.17, 15) is 4.79 Å². The minimum atomic E-state index is -0.0807. The maximum absolute atomic E-state index is 12.2. The largest absolute Gasteiger partial charge is 0.396 e. The fourth-order valence-corrected chi connectivity index (χ4v) is 2.01. The van der Waals surface area contributed by atoms with E-state index in [1.54, 1.807) is 0 Å². The highest BCUT2D eigenvalue weighted by atomic mass is 16.3. The van der Waals surface area contributed by atoms with Crippen LogP contribution < -0.4 is 10.2 Å². The van der Waals surface area contributed by atoms with Crippen LogP contribution in [-0.2, 0) is 0 Å². The standard InChI is InChI=1S/C16H26N2O2/c1-5-18(4)14-8-6-13(7-9-14)16(20)17-15(10-11-19)12(2)3/h6-9,12,15,19H,5,10-11H2,1-4H3,(H,17,20). The normalized spacial score (nSPS) is 12.3. The monoisotopic (exact) mass is 278 g/mol. The second-order valence-corrected chi connectivity index (χ2v) is 5.40. The molecule has 0 heterocycles. The zero-order valence-corrected chi connectivity index (χ0v) is 12.9. The maximum atomic E-state index is 12.2. The summed E-state index contributed by atoms with van der Waals surface area (Å²) >= 11 is 0. The molecule has 1 unspecified atom stereocenters. The minimum Gasteiger partial charge on any atom is -0.396 e. The van der Waals surface area contributed by atoms with Gasteiger partial charge in [0.2, 0.25) is 0 Å². The molecule has 0 bridgehead atoms. The Morgan fingerprint density at radius 3 is 2.35 bits per heavy atom. The summed E-state index contributed by atoms with van der Waals surface area (Å²) in [6.45, 7) is 7.18. The first kappa shape index (κ1) is 16.5. The Morgan fingerprint density at radius 1 is 1.30 bits per heavy atom. The lowest BCUT2D eigenvalue weighted by molar-refractivity contribution is 0.0916. The predicted molar refractivity (Wildman–Crippen MR) is 83.2 cm³/mol. The highest BCUT2D eigenvalue weighted by Gasteiger charge is 2.16. The number of nitrogens with one attached hydrogen (secondary N) is 1. The molecule has 2 N–H and O–H groups in total. The van der Waals surface area contributed by atoms with Gasteiger partial charge in [-0.1, -0.05) is 13.8 Å². The van der Waals surface area contributed by atoms with E-state index < -0.39 is 0 Å². The van der Waals surface area contributed by atoms with Gasteiger partial charge in [0.1, 0.15) is 0 Å². The lowest BCUT2D eigenvalue weighted by Crippen LogP contribution is -2.39. The molecule has 1 rings (SSSR count). The Labute approximate surface area is 121 Å². The third kappa shape index (κ3) is 4.53. The number of amides is 1. The van der Waals surface area contributed by atoms with E-state index >= 15 is 0 Å². The third-order valence-electron chi connectivity index (χ3n) is 3.61. The van der Waals surface area contributed by atoms with Gasteiger partial charge in [-0.25, -0.2) is 0 Å². The van der Waals surface area contributed by atoms with Gasteiger partial charge >= 0.3 is 0 Å². The summed E-state index contributed by atoms with van der Waals surface area (Å²) < 4.78 is 0. The predicted octanol–water partition coefficient (Wildman–Crippen LogP) is 2.28. The summed E-state index contributed by atoms with van der Waals surface area (Å²) in [5.41, 5.74) is 1.75. The number of nitrogens with zero attached hydrogens (tertiary/aromatic N) is 1. The number of rotatable bonds is 7. The van der Waals surface area contributed by atoms with E-state index in [-0.39, 0.29) is 18.6 Å². The first-order valence-electron chi connectivity index (χ1n) is 7.22. The van der Waals surface area contributed by atoms with Crippen molar-refractivity contribution in [3.8, 4) is 0 Å². The minimum absolute atomic E-state index is 0.00509. The Balaban J connectivity index is 2.72. The summed E-state index contributed by atoms with van der Waals surface area (Å²) in [7, 11) is 2.02. The average Bonchev–Trinajstić information content (AvgIpc) is 2.45. The number of hydrogen-bond donors (Lipinski definition) is 2. The number of hydrogen-bond acceptors (Lipinski definition) is 3. The van der Waals surface area contributed by atoms with Crippen LogP contribution in [0, 0.1) is 5.92 Å². The van der Waals surface area contributed by atoms with E-state index in [0.717, 1.165) is 12.2 Å².